The van der Waals surface area contributed by atoms with E-state index in [-0.39, 0.29) is 30.2 Å². The Bertz CT molecular complexity index is 1020. The molecule has 0 fully saturated rings. The quantitative estimate of drug-likeness (QED) is 0.738. The van der Waals surface area contributed by atoms with Gasteiger partial charge in [0.05, 0.1) is 0 Å². The summed E-state index contributed by atoms with van der Waals surface area (Å²) in [5.74, 6) is -0.557. The van der Waals surface area contributed by atoms with Crippen LogP contribution in [-0.2, 0) is 17.8 Å². The highest BCUT2D eigenvalue weighted by atomic mass is 19.1. The van der Waals surface area contributed by atoms with Gasteiger partial charge in [-0.25, -0.2) is 4.39 Å². The van der Waals surface area contributed by atoms with Gasteiger partial charge in [-0.3, -0.25) is 9.59 Å². The van der Waals surface area contributed by atoms with Gasteiger partial charge in [0.1, 0.15) is 5.82 Å². The van der Waals surface area contributed by atoms with Crippen LogP contribution in [0.1, 0.15) is 28.7 Å². The number of hydrogen-bond acceptors (Lipinski definition) is 2. The van der Waals surface area contributed by atoms with Crippen molar-refractivity contribution in [2.75, 3.05) is 0 Å². The molecule has 0 bridgehead atoms. The average Bonchev–Trinajstić information content (AvgIpc) is 2.59. The monoisotopic (exact) mass is 352 g/mol. The normalized spacial score (nSPS) is 10.9. The Hall–Kier alpha value is -2.95. The van der Waals surface area contributed by atoms with Crippen molar-refractivity contribution >= 4 is 16.8 Å². The van der Waals surface area contributed by atoms with Gasteiger partial charge in [0.25, 0.3) is 5.56 Å². The number of pyridine rings is 1. The first-order chi connectivity index (χ1) is 12.4. The molecular formula is C21H21FN2O2. The molecular weight excluding hydrogens is 331 g/mol. The Morgan fingerprint density at radius 2 is 1.88 bits per heavy atom. The van der Waals surface area contributed by atoms with Gasteiger partial charge in [-0.15, -0.1) is 0 Å². The average molecular weight is 352 g/mol. The molecule has 1 heterocycles. The van der Waals surface area contributed by atoms with Crippen LogP contribution in [0.4, 0.5) is 4.39 Å². The smallest absolute Gasteiger partial charge is 0.251 e. The number of aromatic amines is 1. The molecule has 26 heavy (non-hydrogen) atoms. The molecule has 0 atom stereocenters. The Balaban J connectivity index is 1.67. The molecule has 0 saturated carbocycles. The number of nitrogens with one attached hydrogen (secondary N) is 2. The van der Waals surface area contributed by atoms with Crippen LogP contribution in [0.5, 0.6) is 0 Å². The molecule has 2 aromatic carbocycles. The van der Waals surface area contributed by atoms with Crippen molar-refractivity contribution in [3.05, 3.63) is 80.9 Å². The van der Waals surface area contributed by atoms with Gasteiger partial charge in [-0.05, 0) is 49.6 Å². The first-order valence-corrected chi connectivity index (χ1v) is 8.57. The first kappa shape index (κ1) is 17.9. The first-order valence-electron chi connectivity index (χ1n) is 8.57. The van der Waals surface area contributed by atoms with Gasteiger partial charge in [0, 0.05) is 35.0 Å². The van der Waals surface area contributed by atoms with E-state index in [1.165, 1.54) is 6.07 Å². The second-order valence-electron chi connectivity index (χ2n) is 6.53. The molecule has 1 aromatic heterocycles. The van der Waals surface area contributed by atoms with Crippen molar-refractivity contribution in [3.63, 3.8) is 0 Å². The van der Waals surface area contributed by atoms with E-state index < -0.39 is 0 Å². The summed E-state index contributed by atoms with van der Waals surface area (Å²) < 4.78 is 13.6. The van der Waals surface area contributed by atoms with Crippen LogP contribution in [0.3, 0.4) is 0 Å². The molecule has 2 N–H and O–H groups in total. The summed E-state index contributed by atoms with van der Waals surface area (Å²) in [6, 6.07) is 12.2. The lowest BCUT2D eigenvalue weighted by Gasteiger charge is -2.08. The van der Waals surface area contributed by atoms with Crippen LogP contribution in [0.15, 0.2) is 47.3 Å². The lowest BCUT2D eigenvalue weighted by Crippen LogP contribution is -2.24. The molecule has 0 aliphatic carbocycles. The van der Waals surface area contributed by atoms with Gasteiger partial charge < -0.3 is 10.3 Å². The van der Waals surface area contributed by atoms with E-state index in [1.807, 2.05) is 26.0 Å². The fraction of sp³-hybridized carbons (Fsp3) is 0.238. The van der Waals surface area contributed by atoms with E-state index in [9.17, 15) is 14.0 Å². The second-order valence-corrected chi connectivity index (χ2v) is 6.53. The zero-order valence-corrected chi connectivity index (χ0v) is 14.9. The molecule has 3 aromatic rings. The van der Waals surface area contributed by atoms with Crippen molar-refractivity contribution in [3.8, 4) is 0 Å². The Morgan fingerprint density at radius 1 is 1.12 bits per heavy atom. The lowest BCUT2D eigenvalue weighted by atomic mass is 10.0. The Kier molecular flexibility index (Phi) is 5.16. The number of carbonyl (C=O) groups is 1. The zero-order chi connectivity index (χ0) is 18.7. The SMILES string of the molecule is Cc1cc(C)c2cc(CCC(=O)NCc3ccccc3F)c(=O)[nH]c2c1. The lowest BCUT2D eigenvalue weighted by molar-refractivity contribution is -0.121. The Morgan fingerprint density at radius 3 is 2.65 bits per heavy atom. The maximum Gasteiger partial charge on any atom is 0.251 e. The number of benzene rings is 2. The van der Waals surface area contributed by atoms with Gasteiger partial charge in [0.15, 0.2) is 0 Å². The molecule has 0 aliphatic heterocycles. The maximum atomic E-state index is 13.6. The van der Waals surface area contributed by atoms with E-state index in [1.54, 1.807) is 18.2 Å². The number of H-pyrrole nitrogens is 1. The van der Waals surface area contributed by atoms with Crippen molar-refractivity contribution in [2.45, 2.75) is 33.2 Å². The second kappa shape index (κ2) is 7.52. The number of halogens is 1. The van der Waals surface area contributed by atoms with E-state index in [0.29, 0.717) is 17.5 Å². The third kappa shape index (κ3) is 3.99. The van der Waals surface area contributed by atoms with Gasteiger partial charge >= 0.3 is 0 Å². The molecule has 0 unspecified atom stereocenters. The van der Waals surface area contributed by atoms with Crippen molar-refractivity contribution < 1.29 is 9.18 Å². The molecule has 0 radical (unpaired) electrons. The van der Waals surface area contributed by atoms with E-state index >= 15 is 0 Å². The maximum absolute atomic E-state index is 13.6. The Labute approximate surface area is 151 Å². The predicted octanol–water partition coefficient (Wildman–Crippen LogP) is 3.53. The summed E-state index contributed by atoms with van der Waals surface area (Å²) in [5.41, 5.74) is 3.82. The number of aryl methyl sites for hydroxylation is 3. The van der Waals surface area contributed by atoms with Gasteiger partial charge in [-0.2, -0.15) is 0 Å². The molecule has 1 amide bonds. The van der Waals surface area contributed by atoms with Crippen molar-refractivity contribution in [2.24, 2.45) is 0 Å². The van der Waals surface area contributed by atoms with Crippen LogP contribution in [0.2, 0.25) is 0 Å². The third-order valence-electron chi connectivity index (χ3n) is 4.44. The van der Waals surface area contributed by atoms with Gasteiger partial charge in [0.2, 0.25) is 5.91 Å². The summed E-state index contributed by atoms with van der Waals surface area (Å²) in [6.07, 6.45) is 0.510. The van der Waals surface area contributed by atoms with Gasteiger partial charge in [-0.1, -0.05) is 24.3 Å². The molecule has 3 rings (SSSR count). The van der Waals surface area contributed by atoms with E-state index in [4.69, 9.17) is 0 Å². The fourth-order valence-electron chi connectivity index (χ4n) is 3.07. The fourth-order valence-corrected chi connectivity index (χ4v) is 3.07. The van der Waals surface area contributed by atoms with Crippen LogP contribution in [-0.4, -0.2) is 10.9 Å². The van der Waals surface area contributed by atoms with Crippen LogP contribution >= 0.6 is 0 Å². The molecule has 0 saturated heterocycles. The number of rotatable bonds is 5. The third-order valence-corrected chi connectivity index (χ3v) is 4.44. The number of hydrogen-bond donors (Lipinski definition) is 2. The van der Waals surface area contributed by atoms with Crippen molar-refractivity contribution in [1.29, 1.82) is 0 Å². The zero-order valence-electron chi connectivity index (χ0n) is 14.9. The summed E-state index contributed by atoms with van der Waals surface area (Å²) in [6.45, 7) is 4.12. The van der Waals surface area contributed by atoms with Crippen LogP contribution in [0.25, 0.3) is 10.9 Å². The summed E-state index contributed by atoms with van der Waals surface area (Å²) in [4.78, 5) is 27.2. The molecule has 5 heteroatoms. The highest BCUT2D eigenvalue weighted by Crippen LogP contribution is 2.18. The van der Waals surface area contributed by atoms with Crippen LogP contribution < -0.4 is 10.9 Å². The number of amides is 1. The van der Waals surface area contributed by atoms with E-state index in [2.05, 4.69) is 16.4 Å². The summed E-state index contributed by atoms with van der Waals surface area (Å²) in [7, 11) is 0. The highest BCUT2D eigenvalue weighted by molar-refractivity contribution is 5.83. The molecule has 134 valence electrons. The predicted molar refractivity (Wildman–Crippen MR) is 101 cm³/mol. The minimum Gasteiger partial charge on any atom is -0.352 e. The van der Waals surface area contributed by atoms with Crippen molar-refractivity contribution in [1.82, 2.24) is 10.3 Å². The number of fused-ring (bicyclic) bond motifs is 1. The minimum absolute atomic E-state index is 0.137. The topological polar surface area (TPSA) is 62.0 Å². The van der Waals surface area contributed by atoms with E-state index in [0.717, 1.165) is 22.0 Å². The largest absolute Gasteiger partial charge is 0.352 e. The number of aromatic nitrogens is 1. The molecule has 4 nitrogen and oxygen atoms in total. The summed E-state index contributed by atoms with van der Waals surface area (Å²) in [5, 5.41) is 3.68. The minimum atomic E-state index is -0.343. The molecule has 0 aliphatic rings. The molecule has 0 spiro atoms. The van der Waals surface area contributed by atoms with Crippen LogP contribution in [0, 0.1) is 19.7 Å². The highest BCUT2D eigenvalue weighted by Gasteiger charge is 2.09. The number of carbonyl (C=O) groups excluding carboxylic acids is 1. The summed E-state index contributed by atoms with van der Waals surface area (Å²) >= 11 is 0. The standard InChI is InChI=1S/C21H21FN2O2/c1-13-9-14(2)17-11-15(21(26)24-19(17)10-13)7-8-20(25)23-12-16-5-3-4-6-18(16)22/h3-6,9-11H,7-8,12H2,1-2H3,(H,23,25)(H,24,26).